The summed E-state index contributed by atoms with van der Waals surface area (Å²) in [5.41, 5.74) is 1.51. The predicted molar refractivity (Wildman–Crippen MR) is 56.9 cm³/mol. The van der Waals surface area contributed by atoms with Crippen molar-refractivity contribution in [3.05, 3.63) is 0 Å². The van der Waals surface area contributed by atoms with Crippen molar-refractivity contribution >= 4 is 20.6 Å². The van der Waals surface area contributed by atoms with Crippen molar-refractivity contribution in [2.24, 2.45) is 0 Å². The van der Waals surface area contributed by atoms with E-state index in [0.29, 0.717) is 6.54 Å². The second-order valence-electron chi connectivity index (χ2n) is 3.14. The van der Waals surface area contributed by atoms with Gasteiger partial charge < -0.3 is 10.1 Å². The van der Waals surface area contributed by atoms with Gasteiger partial charge in [-0.05, 0) is 19.9 Å². The highest BCUT2D eigenvalue weighted by molar-refractivity contribution is 7.08. The maximum Gasteiger partial charge on any atom is 0.148 e. The molecule has 0 unspecified atom stereocenters. The number of rotatable bonds is 9. The van der Waals surface area contributed by atoms with Gasteiger partial charge in [0.05, 0.1) is 11.7 Å². The number of unbranched alkanes of at least 4 members (excludes halogenated alkanes) is 2. The van der Waals surface area contributed by atoms with Crippen LogP contribution < -0.4 is 10.9 Å². The van der Waals surface area contributed by atoms with Crippen molar-refractivity contribution in [1.29, 1.82) is 0 Å². The van der Waals surface area contributed by atoms with Gasteiger partial charge in [-0.1, -0.05) is 12.8 Å². The molecular formula is C8H16B2FN2O. The summed E-state index contributed by atoms with van der Waals surface area (Å²) < 4.78 is 11.5. The third-order valence-corrected chi connectivity index (χ3v) is 2.12. The third-order valence-electron chi connectivity index (χ3n) is 2.12. The first-order chi connectivity index (χ1) is 6.76. The molecule has 0 aromatic carbocycles. The minimum absolute atomic E-state index is 0.0869. The molecule has 2 N–H and O–H groups in total. The fourth-order valence-electron chi connectivity index (χ4n) is 1.26. The van der Waals surface area contributed by atoms with Crippen LogP contribution in [0.25, 0.3) is 0 Å². The average molecular weight is 197 g/mol. The van der Waals surface area contributed by atoms with Gasteiger partial charge in [-0.3, -0.25) is 0 Å². The standard InChI is InChI=1S/C8H16B2FN2O/c1-12-7(8(14)10-9)5-3-2-4-6-13-11/h7,12-13H,2-6H2,1H3/t7-/m0/s1. The van der Waals surface area contributed by atoms with Crippen LogP contribution in [0.15, 0.2) is 0 Å². The number of likely N-dealkylation sites (N-methyl/N-ethyl adjacent to an activating group) is 1. The summed E-state index contributed by atoms with van der Waals surface area (Å²) in [4.78, 5) is 11.1. The lowest BCUT2D eigenvalue weighted by molar-refractivity contribution is -0.113. The molecule has 0 heterocycles. The number of hydrogen-bond acceptors (Lipinski definition) is 3. The van der Waals surface area contributed by atoms with Crippen molar-refractivity contribution in [2.75, 3.05) is 13.6 Å². The quantitative estimate of drug-likeness (QED) is 0.308. The lowest BCUT2D eigenvalue weighted by Crippen LogP contribution is -2.37. The van der Waals surface area contributed by atoms with E-state index in [9.17, 15) is 9.28 Å². The summed E-state index contributed by atoms with van der Waals surface area (Å²) in [7, 11) is 7.95. The Morgan fingerprint density at radius 3 is 2.71 bits per heavy atom. The Labute approximate surface area is 86.8 Å². The average Bonchev–Trinajstić information content (AvgIpc) is 2.22. The Kier molecular flexibility index (Phi) is 8.98. The minimum Gasteiger partial charge on any atom is -0.311 e. The van der Waals surface area contributed by atoms with E-state index in [2.05, 4.69) is 5.32 Å². The molecule has 3 nitrogen and oxygen atoms in total. The van der Waals surface area contributed by atoms with Crippen molar-refractivity contribution in [2.45, 2.75) is 31.7 Å². The van der Waals surface area contributed by atoms with Crippen LogP contribution in [0.4, 0.5) is 4.48 Å². The van der Waals surface area contributed by atoms with E-state index in [0.717, 1.165) is 32.9 Å². The highest BCUT2D eigenvalue weighted by Crippen LogP contribution is 2.03. The molecular weight excluding hydrogens is 181 g/mol. The molecule has 6 heteroatoms. The Morgan fingerprint density at radius 2 is 2.21 bits per heavy atom. The smallest absolute Gasteiger partial charge is 0.148 e. The van der Waals surface area contributed by atoms with Crippen LogP contribution in [0.2, 0.25) is 0 Å². The van der Waals surface area contributed by atoms with Gasteiger partial charge in [0.25, 0.3) is 0 Å². The van der Waals surface area contributed by atoms with Crippen LogP contribution in [0.1, 0.15) is 25.7 Å². The van der Waals surface area contributed by atoms with Gasteiger partial charge in [0.2, 0.25) is 0 Å². The number of carbonyl (C=O) groups is 1. The molecule has 0 aromatic rings. The summed E-state index contributed by atoms with van der Waals surface area (Å²) >= 11 is 0. The maximum absolute atomic E-state index is 11.5. The highest BCUT2D eigenvalue weighted by atomic mass is 19.2. The second-order valence-corrected chi connectivity index (χ2v) is 3.14. The van der Waals surface area contributed by atoms with E-state index in [1.807, 2.05) is 0 Å². The fraction of sp³-hybridized carbons (Fsp3) is 0.875. The zero-order valence-corrected chi connectivity index (χ0v) is 8.55. The van der Waals surface area contributed by atoms with Gasteiger partial charge in [-0.2, -0.15) is 5.54 Å². The Bertz CT molecular complexity index is 160. The van der Waals surface area contributed by atoms with Crippen LogP contribution in [0.3, 0.4) is 0 Å². The molecule has 14 heavy (non-hydrogen) atoms. The first-order valence-electron chi connectivity index (χ1n) is 4.85. The molecule has 0 saturated heterocycles. The SMILES string of the molecule is [B][B]C(=O)[C@H](CCCCCNF)NC. The Hall–Kier alpha value is -0.350. The molecule has 3 radical (unpaired) electrons. The molecule has 0 spiro atoms. The zero-order valence-electron chi connectivity index (χ0n) is 8.55. The molecule has 0 aliphatic rings. The first kappa shape index (κ1) is 13.6. The number of hydrogen-bond donors (Lipinski definition) is 2. The van der Waals surface area contributed by atoms with Gasteiger partial charge in [0, 0.05) is 14.3 Å². The Morgan fingerprint density at radius 1 is 1.50 bits per heavy atom. The van der Waals surface area contributed by atoms with Crippen LogP contribution in [-0.2, 0) is 4.79 Å². The van der Waals surface area contributed by atoms with Gasteiger partial charge in [-0.15, -0.1) is 4.48 Å². The van der Waals surface area contributed by atoms with E-state index in [1.165, 1.54) is 0 Å². The monoisotopic (exact) mass is 197 g/mol. The summed E-state index contributed by atoms with van der Waals surface area (Å²) in [6.45, 7) is 0.376. The molecule has 0 fully saturated rings. The molecule has 0 saturated carbocycles. The van der Waals surface area contributed by atoms with E-state index in [1.54, 1.807) is 12.6 Å². The topological polar surface area (TPSA) is 41.1 Å². The van der Waals surface area contributed by atoms with E-state index in [-0.39, 0.29) is 11.7 Å². The largest absolute Gasteiger partial charge is 0.311 e. The fourth-order valence-corrected chi connectivity index (χ4v) is 1.26. The van der Waals surface area contributed by atoms with E-state index >= 15 is 0 Å². The van der Waals surface area contributed by atoms with Gasteiger partial charge in [0.15, 0.2) is 0 Å². The van der Waals surface area contributed by atoms with Crippen molar-refractivity contribution in [3.8, 4) is 0 Å². The number of nitrogens with one attached hydrogen (secondary N) is 2. The lowest BCUT2D eigenvalue weighted by Gasteiger charge is -2.13. The second kappa shape index (κ2) is 9.21. The lowest BCUT2D eigenvalue weighted by atomic mass is 9.51. The van der Waals surface area contributed by atoms with Gasteiger partial charge >= 0.3 is 0 Å². The van der Waals surface area contributed by atoms with Crippen LogP contribution in [0.5, 0.6) is 0 Å². The molecule has 0 amide bonds. The maximum atomic E-state index is 11.5. The number of halogens is 1. The Balaban J connectivity index is 3.48. The van der Waals surface area contributed by atoms with Gasteiger partial charge in [-0.25, -0.2) is 0 Å². The molecule has 0 rings (SSSR count). The van der Waals surface area contributed by atoms with Gasteiger partial charge in [0.1, 0.15) is 7.17 Å². The van der Waals surface area contributed by atoms with Crippen LogP contribution in [0, 0.1) is 0 Å². The normalized spacial score (nSPS) is 12.4. The third kappa shape index (κ3) is 6.16. The van der Waals surface area contributed by atoms with E-state index < -0.39 is 0 Å². The molecule has 0 aliphatic carbocycles. The summed E-state index contributed by atoms with van der Waals surface area (Å²) in [6, 6.07) is -0.196. The first-order valence-corrected chi connectivity index (χ1v) is 4.85. The van der Waals surface area contributed by atoms with Crippen LogP contribution in [-0.4, -0.2) is 40.2 Å². The highest BCUT2D eigenvalue weighted by Gasteiger charge is 2.12. The summed E-state index contributed by atoms with van der Waals surface area (Å²) in [5, 5.41) is 2.89. The predicted octanol–water partition coefficient (Wildman–Crippen LogP) is -0.0768. The molecule has 0 aromatic heterocycles. The summed E-state index contributed by atoms with van der Waals surface area (Å²) in [5.74, 6) is 0. The molecule has 77 valence electrons. The minimum atomic E-state index is -0.196. The van der Waals surface area contributed by atoms with Crippen molar-refractivity contribution in [1.82, 2.24) is 10.9 Å². The summed E-state index contributed by atoms with van der Waals surface area (Å²) in [6.07, 6.45) is 3.34. The molecule has 1 atom stereocenters. The number of carbonyl (C=O) groups excluding carboxylic acids is 1. The van der Waals surface area contributed by atoms with Crippen molar-refractivity contribution in [3.63, 3.8) is 0 Å². The van der Waals surface area contributed by atoms with E-state index in [4.69, 9.17) is 7.74 Å². The zero-order chi connectivity index (χ0) is 10.8. The molecule has 0 bridgehead atoms. The van der Waals surface area contributed by atoms with Crippen molar-refractivity contribution < 1.29 is 9.28 Å². The molecule has 0 aliphatic heterocycles. The van der Waals surface area contributed by atoms with Crippen LogP contribution >= 0.6 is 0 Å².